The van der Waals surface area contributed by atoms with E-state index >= 15 is 0 Å². The Balaban J connectivity index is 1.83. The van der Waals surface area contributed by atoms with Crippen molar-refractivity contribution >= 4 is 32.7 Å². The predicted molar refractivity (Wildman–Crippen MR) is 84.7 cm³/mol. The van der Waals surface area contributed by atoms with Gasteiger partial charge in [-0.2, -0.15) is 5.10 Å². The number of benzene rings is 1. The van der Waals surface area contributed by atoms with Crippen LogP contribution in [0, 0.1) is 12.7 Å². The number of anilines is 1. The normalized spacial score (nSPS) is 11.0. The molecule has 1 N–H and O–H groups in total. The van der Waals surface area contributed by atoms with Crippen LogP contribution in [-0.4, -0.2) is 14.8 Å². The molecule has 0 radical (unpaired) electrons. The van der Waals surface area contributed by atoms with Crippen LogP contribution in [0.15, 0.2) is 34.9 Å². The molecule has 0 bridgehead atoms. The summed E-state index contributed by atoms with van der Waals surface area (Å²) in [5.74, 6) is -0.233. The fourth-order valence-corrected chi connectivity index (χ4v) is 2.60. The Morgan fingerprint density at radius 3 is 2.90 bits per heavy atom. The van der Waals surface area contributed by atoms with Crippen LogP contribution in [0.4, 0.5) is 10.1 Å². The Hall–Kier alpha value is -1.95. The molecule has 0 saturated carbocycles. The number of halogens is 2. The van der Waals surface area contributed by atoms with Gasteiger partial charge in [-0.15, -0.1) is 0 Å². The average molecular weight is 349 g/mol. The van der Waals surface area contributed by atoms with E-state index in [4.69, 9.17) is 0 Å². The minimum atomic E-state index is -0.233. The zero-order valence-corrected chi connectivity index (χ0v) is 13.3. The van der Waals surface area contributed by atoms with Crippen molar-refractivity contribution < 1.29 is 4.39 Å². The molecule has 4 nitrogen and oxygen atoms in total. The monoisotopic (exact) mass is 348 g/mol. The number of aryl methyl sites for hydroxylation is 2. The number of hydrogen-bond acceptors (Lipinski definition) is 3. The highest BCUT2D eigenvalue weighted by Gasteiger charge is 2.08. The van der Waals surface area contributed by atoms with Crippen molar-refractivity contribution in [3.05, 3.63) is 52.0 Å². The molecule has 3 aromatic rings. The van der Waals surface area contributed by atoms with Gasteiger partial charge in [0, 0.05) is 29.0 Å². The summed E-state index contributed by atoms with van der Waals surface area (Å²) < 4.78 is 16.3. The number of hydrogen-bond donors (Lipinski definition) is 1. The van der Waals surface area contributed by atoms with Gasteiger partial charge in [0.25, 0.3) is 0 Å². The minimum Gasteiger partial charge on any atom is -0.380 e. The maximum absolute atomic E-state index is 13.8. The molecule has 0 fully saturated rings. The molecule has 0 spiro atoms. The van der Waals surface area contributed by atoms with E-state index < -0.39 is 0 Å². The van der Waals surface area contributed by atoms with Gasteiger partial charge in [0.05, 0.1) is 17.6 Å². The molecule has 2 aromatic heterocycles. The van der Waals surface area contributed by atoms with E-state index in [9.17, 15) is 4.39 Å². The lowest BCUT2D eigenvalue weighted by Gasteiger charge is -2.08. The van der Waals surface area contributed by atoms with Crippen molar-refractivity contribution in [1.29, 1.82) is 0 Å². The Labute approximate surface area is 130 Å². The third-order valence-electron chi connectivity index (χ3n) is 3.36. The third kappa shape index (κ3) is 2.76. The summed E-state index contributed by atoms with van der Waals surface area (Å²) in [6.07, 6.45) is 1.74. The van der Waals surface area contributed by atoms with Crippen molar-refractivity contribution in [3.8, 4) is 0 Å². The summed E-state index contributed by atoms with van der Waals surface area (Å²) in [7, 11) is 1.87. The number of fused-ring (bicyclic) bond motifs is 1. The molecule has 108 valence electrons. The molecule has 3 rings (SSSR count). The van der Waals surface area contributed by atoms with Crippen LogP contribution in [0.1, 0.15) is 11.3 Å². The molecule has 0 aliphatic rings. The highest BCUT2D eigenvalue weighted by molar-refractivity contribution is 9.10. The van der Waals surface area contributed by atoms with E-state index in [0.29, 0.717) is 12.1 Å². The summed E-state index contributed by atoms with van der Waals surface area (Å²) in [5, 5.41) is 8.53. The van der Waals surface area contributed by atoms with Gasteiger partial charge in [-0.05, 0) is 25.1 Å². The first-order valence-corrected chi connectivity index (χ1v) is 7.31. The van der Waals surface area contributed by atoms with E-state index in [1.54, 1.807) is 16.9 Å². The van der Waals surface area contributed by atoms with Crippen LogP contribution >= 0.6 is 15.9 Å². The van der Waals surface area contributed by atoms with E-state index in [1.807, 2.05) is 26.1 Å². The maximum Gasteiger partial charge on any atom is 0.157 e. The van der Waals surface area contributed by atoms with Gasteiger partial charge in [0.2, 0.25) is 0 Å². The fourth-order valence-electron chi connectivity index (χ4n) is 2.27. The van der Waals surface area contributed by atoms with Crippen molar-refractivity contribution in [2.75, 3.05) is 5.32 Å². The van der Waals surface area contributed by atoms with E-state index in [2.05, 4.69) is 31.3 Å². The van der Waals surface area contributed by atoms with E-state index in [0.717, 1.165) is 26.9 Å². The first-order chi connectivity index (χ1) is 10.0. The molecule has 0 atom stereocenters. The van der Waals surface area contributed by atoms with Crippen LogP contribution in [0.2, 0.25) is 0 Å². The summed E-state index contributed by atoms with van der Waals surface area (Å²) in [6.45, 7) is 2.35. The molecule has 0 saturated heterocycles. The van der Waals surface area contributed by atoms with E-state index in [1.165, 1.54) is 6.07 Å². The average Bonchev–Trinajstić information content (AvgIpc) is 2.73. The third-order valence-corrected chi connectivity index (χ3v) is 3.85. The Morgan fingerprint density at radius 1 is 1.33 bits per heavy atom. The lowest BCUT2D eigenvalue weighted by atomic mass is 10.2. The second-order valence-corrected chi connectivity index (χ2v) is 5.81. The Kier molecular flexibility index (Phi) is 3.63. The number of aromatic nitrogens is 3. The Bertz CT molecular complexity index is 813. The maximum atomic E-state index is 13.8. The quantitative estimate of drug-likeness (QED) is 0.782. The van der Waals surface area contributed by atoms with Crippen LogP contribution in [0.5, 0.6) is 0 Å². The lowest BCUT2D eigenvalue weighted by Crippen LogP contribution is -2.02. The first-order valence-electron chi connectivity index (χ1n) is 6.52. The minimum absolute atomic E-state index is 0.233. The second-order valence-electron chi connectivity index (χ2n) is 4.89. The number of pyridine rings is 1. The van der Waals surface area contributed by atoms with Gasteiger partial charge in [-0.1, -0.05) is 22.0 Å². The second kappa shape index (κ2) is 5.44. The molecular weight excluding hydrogens is 335 g/mol. The number of nitrogens with zero attached hydrogens (tertiary/aromatic N) is 3. The van der Waals surface area contributed by atoms with Crippen LogP contribution < -0.4 is 5.32 Å². The smallest absolute Gasteiger partial charge is 0.157 e. The molecule has 2 heterocycles. The highest BCUT2D eigenvalue weighted by Crippen LogP contribution is 2.21. The fraction of sp³-hybridized carbons (Fsp3) is 0.200. The van der Waals surface area contributed by atoms with Gasteiger partial charge >= 0.3 is 0 Å². The highest BCUT2D eigenvalue weighted by atomic mass is 79.9. The van der Waals surface area contributed by atoms with Gasteiger partial charge in [0.15, 0.2) is 5.65 Å². The van der Waals surface area contributed by atoms with Gasteiger partial charge < -0.3 is 5.32 Å². The van der Waals surface area contributed by atoms with Gasteiger partial charge in [0.1, 0.15) is 5.82 Å². The summed E-state index contributed by atoms with van der Waals surface area (Å²) in [6, 6.07) is 7.03. The van der Waals surface area contributed by atoms with Crippen LogP contribution in [0.3, 0.4) is 0 Å². The zero-order chi connectivity index (χ0) is 15.0. The van der Waals surface area contributed by atoms with Crippen molar-refractivity contribution in [2.24, 2.45) is 7.05 Å². The standard InChI is InChI=1S/C15H14BrFN4/c1-9-13-6-12(8-19-15(13)21(2)20-9)18-7-10-3-4-11(16)5-14(10)17/h3-6,8,18H,7H2,1-2H3. The Morgan fingerprint density at radius 2 is 2.14 bits per heavy atom. The topological polar surface area (TPSA) is 42.7 Å². The molecule has 1 aromatic carbocycles. The molecule has 0 aliphatic heterocycles. The summed E-state index contributed by atoms with van der Waals surface area (Å²) >= 11 is 3.25. The summed E-state index contributed by atoms with van der Waals surface area (Å²) in [4.78, 5) is 4.39. The summed E-state index contributed by atoms with van der Waals surface area (Å²) in [5.41, 5.74) is 3.23. The van der Waals surface area contributed by atoms with Gasteiger partial charge in [-0.3, -0.25) is 4.68 Å². The largest absolute Gasteiger partial charge is 0.380 e. The first kappa shape index (κ1) is 14.0. The molecule has 0 aliphatic carbocycles. The van der Waals surface area contributed by atoms with Crippen molar-refractivity contribution in [1.82, 2.24) is 14.8 Å². The number of nitrogens with one attached hydrogen (secondary N) is 1. The van der Waals surface area contributed by atoms with E-state index in [-0.39, 0.29) is 5.82 Å². The predicted octanol–water partition coefficient (Wildman–Crippen LogP) is 3.79. The molecular formula is C15H14BrFN4. The molecule has 0 unspecified atom stereocenters. The van der Waals surface area contributed by atoms with Crippen molar-refractivity contribution in [2.45, 2.75) is 13.5 Å². The van der Waals surface area contributed by atoms with Crippen LogP contribution in [0.25, 0.3) is 11.0 Å². The van der Waals surface area contributed by atoms with Crippen molar-refractivity contribution in [3.63, 3.8) is 0 Å². The lowest BCUT2D eigenvalue weighted by molar-refractivity contribution is 0.612. The molecule has 21 heavy (non-hydrogen) atoms. The number of rotatable bonds is 3. The molecule has 0 amide bonds. The molecule has 6 heteroatoms. The SMILES string of the molecule is Cc1nn(C)c2ncc(NCc3ccc(Br)cc3F)cc12. The van der Waals surface area contributed by atoms with Crippen LogP contribution in [-0.2, 0) is 13.6 Å². The zero-order valence-electron chi connectivity index (χ0n) is 11.7. The van der Waals surface area contributed by atoms with Gasteiger partial charge in [-0.25, -0.2) is 9.37 Å².